The molecule has 0 radical (unpaired) electrons. The minimum absolute atomic E-state index is 0.111. The topological polar surface area (TPSA) is 94.5 Å². The van der Waals surface area contributed by atoms with Crippen molar-refractivity contribution in [3.05, 3.63) is 63.9 Å². The van der Waals surface area contributed by atoms with E-state index in [4.69, 9.17) is 9.52 Å². The number of carbonyl (C=O) groups excluding carboxylic acids is 2. The van der Waals surface area contributed by atoms with E-state index in [0.717, 1.165) is 16.0 Å². The summed E-state index contributed by atoms with van der Waals surface area (Å²) in [5, 5.41) is 18.5. The zero-order chi connectivity index (χ0) is 20.4. The van der Waals surface area contributed by atoms with E-state index in [1.54, 1.807) is 13.0 Å². The first kappa shape index (κ1) is 19.3. The summed E-state index contributed by atoms with van der Waals surface area (Å²) in [6.45, 7) is 5.08. The van der Waals surface area contributed by atoms with Crippen LogP contribution in [0.4, 0.5) is 0 Å². The quantitative estimate of drug-likeness (QED) is 0.653. The van der Waals surface area contributed by atoms with E-state index in [9.17, 15) is 14.9 Å². The molecule has 0 spiro atoms. The molecule has 1 aromatic heterocycles. The molecule has 1 aliphatic rings. The smallest absolute Gasteiger partial charge is 0.271 e. The Bertz CT molecular complexity index is 1070. The average molecular weight is 376 g/mol. The third-order valence-electron chi connectivity index (χ3n) is 4.85. The highest BCUT2D eigenvalue weighted by molar-refractivity contribution is 6.19. The highest BCUT2D eigenvalue weighted by Gasteiger charge is 2.35. The molecular formula is C22H20N2O4. The van der Waals surface area contributed by atoms with Gasteiger partial charge in [0.15, 0.2) is 0 Å². The molecule has 2 amide bonds. The van der Waals surface area contributed by atoms with E-state index >= 15 is 0 Å². The molecule has 1 N–H and O–H groups in total. The van der Waals surface area contributed by atoms with E-state index in [-0.39, 0.29) is 24.3 Å². The van der Waals surface area contributed by atoms with Crippen LogP contribution in [-0.4, -0.2) is 35.0 Å². The highest BCUT2D eigenvalue weighted by Crippen LogP contribution is 2.29. The van der Waals surface area contributed by atoms with E-state index in [1.807, 2.05) is 44.2 Å². The lowest BCUT2D eigenvalue weighted by atomic mass is 9.95. The summed E-state index contributed by atoms with van der Waals surface area (Å²) >= 11 is 0. The minimum atomic E-state index is -0.688. The first-order valence-corrected chi connectivity index (χ1v) is 8.85. The summed E-state index contributed by atoms with van der Waals surface area (Å²) in [7, 11) is 0. The second kappa shape index (κ2) is 7.67. The molecule has 3 rings (SSSR count). The van der Waals surface area contributed by atoms with Crippen LogP contribution in [-0.2, 0) is 9.59 Å². The zero-order valence-electron chi connectivity index (χ0n) is 15.9. The molecule has 6 heteroatoms. The maximum atomic E-state index is 12.7. The van der Waals surface area contributed by atoms with Gasteiger partial charge in [0.1, 0.15) is 23.2 Å². The summed E-state index contributed by atoms with van der Waals surface area (Å²) in [5.41, 5.74) is 3.64. The van der Waals surface area contributed by atoms with Crippen LogP contribution in [0.1, 0.15) is 23.8 Å². The number of rotatable bonds is 4. The van der Waals surface area contributed by atoms with Crippen molar-refractivity contribution in [3.8, 4) is 17.4 Å². The van der Waals surface area contributed by atoms with Crippen molar-refractivity contribution >= 4 is 17.9 Å². The van der Waals surface area contributed by atoms with Gasteiger partial charge in [-0.1, -0.05) is 12.1 Å². The zero-order valence-corrected chi connectivity index (χ0v) is 15.9. The summed E-state index contributed by atoms with van der Waals surface area (Å²) in [6, 6.07) is 11.4. The number of benzene rings is 1. The molecule has 0 fully saturated rings. The summed E-state index contributed by atoms with van der Waals surface area (Å²) in [6.07, 6.45) is 1.52. The number of furan rings is 1. The van der Waals surface area contributed by atoms with Gasteiger partial charge in [-0.25, -0.2) is 0 Å². The van der Waals surface area contributed by atoms with Crippen molar-refractivity contribution < 1.29 is 19.1 Å². The third-order valence-corrected chi connectivity index (χ3v) is 4.85. The second-order valence-electron chi connectivity index (χ2n) is 6.66. The first-order chi connectivity index (χ1) is 13.4. The Labute approximate surface area is 163 Å². The monoisotopic (exact) mass is 376 g/mol. The summed E-state index contributed by atoms with van der Waals surface area (Å²) in [4.78, 5) is 25.9. The molecule has 2 aromatic rings. The number of amides is 2. The Morgan fingerprint density at radius 3 is 2.50 bits per heavy atom. The average Bonchev–Trinajstić information content (AvgIpc) is 3.14. The van der Waals surface area contributed by atoms with Gasteiger partial charge in [0.2, 0.25) is 0 Å². The van der Waals surface area contributed by atoms with Gasteiger partial charge in [0.25, 0.3) is 11.8 Å². The number of hydrogen-bond donors (Lipinski definition) is 1. The van der Waals surface area contributed by atoms with Gasteiger partial charge in [-0.05, 0) is 61.7 Å². The largest absolute Gasteiger partial charge is 0.457 e. The minimum Gasteiger partial charge on any atom is -0.457 e. The number of nitrogens with zero attached hydrogens (tertiary/aromatic N) is 2. The van der Waals surface area contributed by atoms with Crippen LogP contribution in [0, 0.1) is 25.2 Å². The number of imide groups is 1. The number of nitriles is 1. The molecule has 28 heavy (non-hydrogen) atoms. The van der Waals surface area contributed by atoms with Gasteiger partial charge in [-0.3, -0.25) is 14.5 Å². The SMILES string of the molecule is CC1=C(C#N)C(=O)N(CCO)C(=O)/C1=C\c1ccc(-c2ccc(C)c(C)c2)o1. The van der Waals surface area contributed by atoms with Gasteiger partial charge in [0, 0.05) is 11.1 Å². The van der Waals surface area contributed by atoms with Crippen molar-refractivity contribution in [2.24, 2.45) is 0 Å². The number of aliphatic hydroxyl groups excluding tert-OH is 1. The molecule has 0 bridgehead atoms. The van der Waals surface area contributed by atoms with E-state index < -0.39 is 11.8 Å². The number of aliphatic hydroxyl groups is 1. The predicted octanol–water partition coefficient (Wildman–Crippen LogP) is 3.15. The summed E-state index contributed by atoms with van der Waals surface area (Å²) in [5.74, 6) is -0.152. The van der Waals surface area contributed by atoms with Crippen LogP contribution in [0.25, 0.3) is 17.4 Å². The van der Waals surface area contributed by atoms with Gasteiger partial charge < -0.3 is 9.52 Å². The lowest BCUT2D eigenvalue weighted by molar-refractivity contribution is -0.140. The molecule has 6 nitrogen and oxygen atoms in total. The predicted molar refractivity (Wildman–Crippen MR) is 104 cm³/mol. The van der Waals surface area contributed by atoms with Crippen molar-refractivity contribution in [2.75, 3.05) is 13.2 Å². The molecule has 1 aromatic carbocycles. The maximum Gasteiger partial charge on any atom is 0.271 e. The molecule has 0 atom stereocenters. The molecule has 142 valence electrons. The molecule has 2 heterocycles. The van der Waals surface area contributed by atoms with Gasteiger partial charge in [-0.2, -0.15) is 5.26 Å². The van der Waals surface area contributed by atoms with Crippen LogP contribution in [0.15, 0.2) is 51.5 Å². The Morgan fingerprint density at radius 2 is 1.86 bits per heavy atom. The standard InChI is InChI=1S/C22H20N2O4/c1-13-4-5-16(10-14(13)2)20-7-6-17(28-20)11-18-15(3)19(12-23)22(27)24(8-9-25)21(18)26/h4-7,10-11,25H,8-9H2,1-3H3/b18-11-. The second-order valence-corrected chi connectivity index (χ2v) is 6.66. The van der Waals surface area contributed by atoms with E-state index in [2.05, 4.69) is 0 Å². The molecular weight excluding hydrogens is 356 g/mol. The van der Waals surface area contributed by atoms with Crippen molar-refractivity contribution in [2.45, 2.75) is 20.8 Å². The molecule has 0 saturated heterocycles. The summed E-state index contributed by atoms with van der Waals surface area (Å²) < 4.78 is 5.87. The highest BCUT2D eigenvalue weighted by atomic mass is 16.3. The van der Waals surface area contributed by atoms with Crippen LogP contribution in [0.2, 0.25) is 0 Å². The maximum absolute atomic E-state index is 12.7. The number of aryl methyl sites for hydroxylation is 2. The van der Waals surface area contributed by atoms with E-state index in [1.165, 1.54) is 11.6 Å². The van der Waals surface area contributed by atoms with Gasteiger partial charge >= 0.3 is 0 Å². The lowest BCUT2D eigenvalue weighted by Gasteiger charge is -2.26. The fourth-order valence-corrected chi connectivity index (χ4v) is 3.06. The molecule has 0 aliphatic carbocycles. The van der Waals surface area contributed by atoms with Crippen molar-refractivity contribution in [3.63, 3.8) is 0 Å². The number of β-amino-alcohol motifs (C(OH)–C–C–N with tert-alkyl or cyclic N) is 1. The number of hydrogen-bond acceptors (Lipinski definition) is 5. The Kier molecular flexibility index (Phi) is 5.30. The van der Waals surface area contributed by atoms with Crippen LogP contribution in [0.5, 0.6) is 0 Å². The molecule has 0 saturated carbocycles. The molecule has 1 aliphatic heterocycles. The lowest BCUT2D eigenvalue weighted by Crippen LogP contribution is -2.44. The van der Waals surface area contributed by atoms with E-state index in [0.29, 0.717) is 17.1 Å². The number of carbonyl (C=O) groups is 2. The Hall–Kier alpha value is -3.43. The van der Waals surface area contributed by atoms with Crippen molar-refractivity contribution in [1.82, 2.24) is 4.90 Å². The Morgan fingerprint density at radius 1 is 1.11 bits per heavy atom. The first-order valence-electron chi connectivity index (χ1n) is 8.85. The van der Waals surface area contributed by atoms with Gasteiger partial charge in [-0.15, -0.1) is 0 Å². The normalized spacial score (nSPS) is 16.1. The van der Waals surface area contributed by atoms with Crippen LogP contribution >= 0.6 is 0 Å². The van der Waals surface area contributed by atoms with Crippen molar-refractivity contribution in [1.29, 1.82) is 5.26 Å². The molecule has 0 unspecified atom stereocenters. The third kappa shape index (κ3) is 3.40. The fourth-order valence-electron chi connectivity index (χ4n) is 3.06. The fraction of sp³-hybridized carbons (Fsp3) is 0.227. The van der Waals surface area contributed by atoms with Crippen LogP contribution in [0.3, 0.4) is 0 Å². The van der Waals surface area contributed by atoms with Crippen LogP contribution < -0.4 is 0 Å². The Balaban J connectivity index is 2.02. The van der Waals surface area contributed by atoms with Gasteiger partial charge in [0.05, 0.1) is 13.2 Å².